The number of halogens is 1. The Morgan fingerprint density at radius 2 is 2.00 bits per heavy atom. The second-order valence-corrected chi connectivity index (χ2v) is 4.82. The molecule has 0 spiro atoms. The summed E-state index contributed by atoms with van der Waals surface area (Å²) in [6.45, 7) is 1.57. The molecule has 0 saturated heterocycles. The van der Waals surface area contributed by atoms with Crippen LogP contribution >= 0.6 is 0 Å². The van der Waals surface area contributed by atoms with Gasteiger partial charge in [0, 0.05) is 12.1 Å². The molecule has 120 valence electrons. The van der Waals surface area contributed by atoms with Gasteiger partial charge in [0.25, 0.3) is 5.91 Å². The molecule has 0 aromatic heterocycles. The lowest BCUT2D eigenvalue weighted by Gasteiger charge is -2.12. The van der Waals surface area contributed by atoms with Crippen molar-refractivity contribution in [1.82, 2.24) is 10.6 Å². The highest BCUT2D eigenvalue weighted by Gasteiger charge is 2.17. The molecule has 1 rings (SSSR count). The Hall–Kier alpha value is -2.44. The average molecular weight is 310 g/mol. The predicted octanol–water partition coefficient (Wildman–Crippen LogP) is 1.17. The molecular formula is C15H19FN2O4. The monoisotopic (exact) mass is 310 g/mol. The maximum Gasteiger partial charge on any atom is 0.308 e. The first-order valence-corrected chi connectivity index (χ1v) is 6.97. The topological polar surface area (TPSA) is 95.5 Å². The van der Waals surface area contributed by atoms with Crippen molar-refractivity contribution in [1.29, 1.82) is 0 Å². The quantitative estimate of drug-likeness (QED) is 0.671. The van der Waals surface area contributed by atoms with Crippen LogP contribution in [-0.2, 0) is 9.59 Å². The number of carbonyl (C=O) groups is 3. The minimum absolute atomic E-state index is 0.0117. The molecule has 6 nitrogen and oxygen atoms in total. The SMILES string of the molecule is CCCC(CNC(=O)CNC(=O)c1cccc(F)c1)C(=O)O. The van der Waals surface area contributed by atoms with Gasteiger partial charge >= 0.3 is 5.97 Å². The molecule has 0 radical (unpaired) electrons. The summed E-state index contributed by atoms with van der Waals surface area (Å²) in [4.78, 5) is 34.2. The molecule has 0 fully saturated rings. The highest BCUT2D eigenvalue weighted by atomic mass is 19.1. The van der Waals surface area contributed by atoms with E-state index in [0.717, 1.165) is 6.07 Å². The van der Waals surface area contributed by atoms with Crippen LogP contribution in [0.25, 0.3) is 0 Å². The minimum Gasteiger partial charge on any atom is -0.481 e. The minimum atomic E-state index is -0.967. The summed E-state index contributed by atoms with van der Waals surface area (Å²) in [5.41, 5.74) is 0.113. The lowest BCUT2D eigenvalue weighted by atomic mass is 10.0. The molecule has 0 aliphatic carbocycles. The van der Waals surface area contributed by atoms with E-state index in [0.29, 0.717) is 12.8 Å². The summed E-state index contributed by atoms with van der Waals surface area (Å²) in [7, 11) is 0. The van der Waals surface area contributed by atoms with Gasteiger partial charge in [0.2, 0.25) is 5.91 Å². The first kappa shape index (κ1) is 17.6. The van der Waals surface area contributed by atoms with E-state index in [1.165, 1.54) is 18.2 Å². The van der Waals surface area contributed by atoms with Crippen LogP contribution in [0.1, 0.15) is 30.1 Å². The smallest absolute Gasteiger partial charge is 0.308 e. The normalized spacial score (nSPS) is 11.5. The molecule has 0 bridgehead atoms. The van der Waals surface area contributed by atoms with Crippen LogP contribution in [0.4, 0.5) is 4.39 Å². The molecule has 7 heteroatoms. The predicted molar refractivity (Wildman–Crippen MR) is 77.8 cm³/mol. The van der Waals surface area contributed by atoms with Gasteiger partial charge < -0.3 is 15.7 Å². The van der Waals surface area contributed by atoms with Crippen molar-refractivity contribution in [2.24, 2.45) is 5.92 Å². The number of nitrogens with one attached hydrogen (secondary N) is 2. The van der Waals surface area contributed by atoms with Gasteiger partial charge in [0.1, 0.15) is 5.82 Å². The summed E-state index contributed by atoms with van der Waals surface area (Å²) in [6.07, 6.45) is 1.16. The van der Waals surface area contributed by atoms with Crippen LogP contribution in [-0.4, -0.2) is 36.0 Å². The van der Waals surface area contributed by atoms with Gasteiger partial charge in [-0.2, -0.15) is 0 Å². The number of carboxylic acid groups (broad SMARTS) is 1. The molecule has 1 aromatic rings. The summed E-state index contributed by atoms with van der Waals surface area (Å²) < 4.78 is 13.0. The highest BCUT2D eigenvalue weighted by Crippen LogP contribution is 2.05. The van der Waals surface area contributed by atoms with Crippen molar-refractivity contribution in [3.05, 3.63) is 35.6 Å². The fourth-order valence-electron chi connectivity index (χ4n) is 1.85. The van der Waals surface area contributed by atoms with Gasteiger partial charge in [-0.25, -0.2) is 4.39 Å². The van der Waals surface area contributed by atoms with Crippen LogP contribution in [0.5, 0.6) is 0 Å². The molecule has 0 saturated carbocycles. The number of amides is 2. The molecular weight excluding hydrogens is 291 g/mol. The summed E-state index contributed by atoms with van der Waals surface area (Å²) in [5, 5.41) is 13.8. The Labute approximate surface area is 127 Å². The Morgan fingerprint density at radius 1 is 1.27 bits per heavy atom. The Morgan fingerprint density at radius 3 is 2.59 bits per heavy atom. The second-order valence-electron chi connectivity index (χ2n) is 4.82. The van der Waals surface area contributed by atoms with Crippen LogP contribution in [0.3, 0.4) is 0 Å². The molecule has 0 aliphatic heterocycles. The zero-order valence-corrected chi connectivity index (χ0v) is 12.3. The molecule has 0 heterocycles. The highest BCUT2D eigenvalue weighted by molar-refractivity contribution is 5.96. The molecule has 22 heavy (non-hydrogen) atoms. The van der Waals surface area contributed by atoms with Crippen molar-refractivity contribution in [2.75, 3.05) is 13.1 Å². The van der Waals surface area contributed by atoms with Crippen molar-refractivity contribution in [3.63, 3.8) is 0 Å². The van der Waals surface area contributed by atoms with E-state index in [1.807, 2.05) is 6.92 Å². The first-order chi connectivity index (χ1) is 10.4. The van der Waals surface area contributed by atoms with Crippen molar-refractivity contribution in [2.45, 2.75) is 19.8 Å². The van der Waals surface area contributed by atoms with Gasteiger partial charge in [0.05, 0.1) is 12.5 Å². The van der Waals surface area contributed by atoms with Crippen molar-refractivity contribution in [3.8, 4) is 0 Å². The zero-order valence-electron chi connectivity index (χ0n) is 12.3. The van der Waals surface area contributed by atoms with E-state index in [4.69, 9.17) is 5.11 Å². The largest absolute Gasteiger partial charge is 0.481 e. The van der Waals surface area contributed by atoms with Gasteiger partial charge in [-0.05, 0) is 24.6 Å². The third-order valence-electron chi connectivity index (χ3n) is 3.03. The maximum absolute atomic E-state index is 13.0. The third kappa shape index (κ3) is 5.90. The number of hydrogen-bond donors (Lipinski definition) is 3. The number of carbonyl (C=O) groups excluding carboxylic acids is 2. The first-order valence-electron chi connectivity index (χ1n) is 6.97. The van der Waals surface area contributed by atoms with E-state index in [-0.39, 0.29) is 18.7 Å². The van der Waals surface area contributed by atoms with Crippen LogP contribution in [0, 0.1) is 11.7 Å². The lowest BCUT2D eigenvalue weighted by Crippen LogP contribution is -2.40. The summed E-state index contributed by atoms with van der Waals surface area (Å²) >= 11 is 0. The Kier molecular flexibility index (Phi) is 7.01. The molecule has 2 amide bonds. The van der Waals surface area contributed by atoms with E-state index in [2.05, 4.69) is 10.6 Å². The average Bonchev–Trinajstić information content (AvgIpc) is 2.48. The number of aliphatic carboxylic acids is 1. The zero-order chi connectivity index (χ0) is 16.5. The van der Waals surface area contributed by atoms with E-state index >= 15 is 0 Å². The molecule has 1 unspecified atom stereocenters. The fourth-order valence-corrected chi connectivity index (χ4v) is 1.85. The van der Waals surface area contributed by atoms with Gasteiger partial charge in [0.15, 0.2) is 0 Å². The van der Waals surface area contributed by atoms with Crippen LogP contribution in [0.2, 0.25) is 0 Å². The van der Waals surface area contributed by atoms with Gasteiger partial charge in [-0.3, -0.25) is 14.4 Å². The lowest BCUT2D eigenvalue weighted by molar-refractivity contribution is -0.141. The Balaban J connectivity index is 2.39. The van der Waals surface area contributed by atoms with Crippen LogP contribution in [0.15, 0.2) is 24.3 Å². The molecule has 3 N–H and O–H groups in total. The summed E-state index contributed by atoms with van der Waals surface area (Å²) in [6, 6.07) is 5.10. The summed E-state index contributed by atoms with van der Waals surface area (Å²) in [5.74, 6) is -3.22. The van der Waals surface area contributed by atoms with E-state index < -0.39 is 29.5 Å². The van der Waals surface area contributed by atoms with Crippen molar-refractivity contribution < 1.29 is 23.9 Å². The molecule has 1 aromatic carbocycles. The second kappa shape index (κ2) is 8.76. The fraction of sp³-hybridized carbons (Fsp3) is 0.400. The van der Waals surface area contributed by atoms with Gasteiger partial charge in [-0.15, -0.1) is 0 Å². The van der Waals surface area contributed by atoms with Crippen LogP contribution < -0.4 is 10.6 Å². The number of carboxylic acids is 1. The maximum atomic E-state index is 13.0. The standard InChI is InChI=1S/C15H19FN2O4/c1-2-4-11(15(21)22)8-17-13(19)9-18-14(20)10-5-3-6-12(16)7-10/h3,5-7,11H,2,4,8-9H2,1H3,(H,17,19)(H,18,20)(H,21,22). The third-order valence-corrected chi connectivity index (χ3v) is 3.03. The number of rotatable bonds is 8. The van der Waals surface area contributed by atoms with Gasteiger partial charge in [-0.1, -0.05) is 19.4 Å². The van der Waals surface area contributed by atoms with Crippen molar-refractivity contribution >= 4 is 17.8 Å². The van der Waals surface area contributed by atoms with E-state index in [9.17, 15) is 18.8 Å². The molecule has 0 aliphatic rings. The van der Waals surface area contributed by atoms with E-state index in [1.54, 1.807) is 0 Å². The molecule has 1 atom stereocenters. The Bertz CT molecular complexity index is 548. The number of hydrogen-bond acceptors (Lipinski definition) is 3. The number of benzene rings is 1.